The number of aliphatic carboxylic acids is 1. The van der Waals surface area contributed by atoms with Gasteiger partial charge in [-0.05, 0) is 13.8 Å². The van der Waals surface area contributed by atoms with Crippen LogP contribution >= 0.6 is 0 Å². The number of carbonyl (C=O) groups is 2. The van der Waals surface area contributed by atoms with Crippen LogP contribution in [0.5, 0.6) is 0 Å². The van der Waals surface area contributed by atoms with Gasteiger partial charge in [0.05, 0.1) is 5.92 Å². The molecule has 84 valence electrons. The minimum absolute atomic E-state index is 0.125. The van der Waals surface area contributed by atoms with Crippen LogP contribution in [0.2, 0.25) is 0 Å². The van der Waals surface area contributed by atoms with E-state index in [1.807, 2.05) is 20.8 Å². The molecule has 0 aliphatic rings. The molecule has 0 spiro atoms. The molecule has 2 N–H and O–H groups in total. The molecule has 0 saturated carbocycles. The highest BCUT2D eigenvalue weighted by Gasteiger charge is 1.99. The van der Waals surface area contributed by atoms with Crippen LogP contribution in [0.25, 0.3) is 0 Å². The van der Waals surface area contributed by atoms with Crippen LogP contribution in [0.4, 0.5) is 0 Å². The maximum absolute atomic E-state index is 10.5. The van der Waals surface area contributed by atoms with E-state index in [1.54, 1.807) is 13.8 Å². The van der Waals surface area contributed by atoms with Crippen molar-refractivity contribution in [3.05, 3.63) is 0 Å². The van der Waals surface area contributed by atoms with Crippen molar-refractivity contribution in [1.29, 1.82) is 0 Å². The van der Waals surface area contributed by atoms with Gasteiger partial charge in [-0.25, -0.2) is 0 Å². The van der Waals surface area contributed by atoms with Crippen molar-refractivity contribution in [3.63, 3.8) is 0 Å². The summed E-state index contributed by atoms with van der Waals surface area (Å²) in [6.45, 7) is 9.03. The number of amides is 1. The van der Waals surface area contributed by atoms with Crippen LogP contribution in [-0.2, 0) is 9.59 Å². The Morgan fingerprint density at radius 1 is 1.21 bits per heavy atom. The van der Waals surface area contributed by atoms with E-state index in [4.69, 9.17) is 5.11 Å². The summed E-state index contributed by atoms with van der Waals surface area (Å²) in [6.07, 6.45) is 0.582. The molecule has 0 radical (unpaired) electrons. The third kappa shape index (κ3) is 13.5. The van der Waals surface area contributed by atoms with Crippen molar-refractivity contribution in [2.24, 2.45) is 5.92 Å². The van der Waals surface area contributed by atoms with Crippen molar-refractivity contribution in [2.75, 3.05) is 0 Å². The molecule has 0 atom stereocenters. The summed E-state index contributed by atoms with van der Waals surface area (Å²) < 4.78 is 0. The van der Waals surface area contributed by atoms with Crippen LogP contribution in [0.1, 0.15) is 41.0 Å². The maximum atomic E-state index is 10.5. The monoisotopic (exact) mass is 203 g/mol. The smallest absolute Gasteiger partial charge is 0.305 e. The molecular formula is C10H21NO3. The lowest BCUT2D eigenvalue weighted by molar-refractivity contribution is -0.140. The highest BCUT2D eigenvalue weighted by molar-refractivity contribution is 5.75. The first-order valence-electron chi connectivity index (χ1n) is 4.83. The standard InChI is InChI=1S/C6H13NO.C4H8O2/c1-4-6(8)7-5(2)3;1-3(2)4(5)6/h5H,4H2,1-3H3,(H,7,8);3H,1-2H3,(H,5,6). The normalized spacial score (nSPS) is 9.36. The summed E-state index contributed by atoms with van der Waals surface area (Å²) in [4.78, 5) is 20.2. The quantitative estimate of drug-likeness (QED) is 0.733. The Morgan fingerprint density at radius 2 is 1.57 bits per heavy atom. The van der Waals surface area contributed by atoms with Gasteiger partial charge in [-0.15, -0.1) is 0 Å². The van der Waals surface area contributed by atoms with Crippen molar-refractivity contribution < 1.29 is 14.7 Å². The van der Waals surface area contributed by atoms with Gasteiger partial charge >= 0.3 is 5.97 Å². The average Bonchev–Trinajstić information content (AvgIpc) is 2.04. The molecule has 0 aliphatic carbocycles. The van der Waals surface area contributed by atoms with Crippen LogP contribution in [-0.4, -0.2) is 23.0 Å². The zero-order valence-corrected chi connectivity index (χ0v) is 9.63. The van der Waals surface area contributed by atoms with E-state index in [1.165, 1.54) is 0 Å². The summed E-state index contributed by atoms with van der Waals surface area (Å²) >= 11 is 0. The highest BCUT2D eigenvalue weighted by Crippen LogP contribution is 1.87. The zero-order valence-electron chi connectivity index (χ0n) is 9.63. The molecule has 14 heavy (non-hydrogen) atoms. The Bertz CT molecular complexity index is 176. The molecule has 4 heteroatoms. The highest BCUT2D eigenvalue weighted by atomic mass is 16.4. The van der Waals surface area contributed by atoms with E-state index in [9.17, 15) is 9.59 Å². The number of carboxylic acid groups (broad SMARTS) is 1. The van der Waals surface area contributed by atoms with Crippen LogP contribution in [0.3, 0.4) is 0 Å². The third-order valence-corrected chi connectivity index (χ3v) is 1.26. The Kier molecular flexibility index (Phi) is 9.40. The molecule has 0 aromatic rings. The fourth-order valence-corrected chi connectivity index (χ4v) is 0.424. The largest absolute Gasteiger partial charge is 0.481 e. The predicted molar refractivity (Wildman–Crippen MR) is 56.0 cm³/mol. The van der Waals surface area contributed by atoms with E-state index in [2.05, 4.69) is 5.32 Å². The van der Waals surface area contributed by atoms with Crippen molar-refractivity contribution in [3.8, 4) is 0 Å². The van der Waals surface area contributed by atoms with Gasteiger partial charge in [0.15, 0.2) is 0 Å². The first-order valence-corrected chi connectivity index (χ1v) is 4.83. The molecule has 0 rings (SSSR count). The van der Waals surface area contributed by atoms with E-state index >= 15 is 0 Å². The van der Waals surface area contributed by atoms with Crippen molar-refractivity contribution >= 4 is 11.9 Å². The lowest BCUT2D eigenvalue weighted by Crippen LogP contribution is -2.29. The van der Waals surface area contributed by atoms with Crippen LogP contribution in [0, 0.1) is 5.92 Å². The topological polar surface area (TPSA) is 66.4 Å². The molecule has 4 nitrogen and oxygen atoms in total. The fourth-order valence-electron chi connectivity index (χ4n) is 0.424. The molecule has 0 aliphatic heterocycles. The van der Waals surface area contributed by atoms with Gasteiger partial charge in [0.25, 0.3) is 0 Å². The SMILES string of the molecule is CC(C)C(=O)O.CCC(=O)NC(C)C. The van der Waals surface area contributed by atoms with Crippen molar-refractivity contribution in [2.45, 2.75) is 47.1 Å². The van der Waals surface area contributed by atoms with E-state index in [0.717, 1.165) is 0 Å². The number of hydrogen-bond donors (Lipinski definition) is 2. The van der Waals surface area contributed by atoms with Gasteiger partial charge in [0, 0.05) is 12.5 Å². The fraction of sp³-hybridized carbons (Fsp3) is 0.800. The number of carboxylic acids is 1. The molecule has 0 saturated heterocycles. The molecule has 0 aromatic carbocycles. The second kappa shape index (κ2) is 8.53. The second-order valence-corrected chi connectivity index (χ2v) is 3.57. The Labute approximate surface area is 85.7 Å². The minimum atomic E-state index is -0.741. The summed E-state index contributed by atoms with van der Waals surface area (Å²) in [7, 11) is 0. The van der Waals surface area contributed by atoms with Gasteiger partial charge in [0.1, 0.15) is 0 Å². The number of rotatable bonds is 3. The summed E-state index contributed by atoms with van der Waals surface area (Å²) in [5, 5.41) is 10.7. The predicted octanol–water partition coefficient (Wildman–Crippen LogP) is 1.65. The molecule has 0 fully saturated rings. The first kappa shape index (κ1) is 15.4. The van der Waals surface area contributed by atoms with Crippen LogP contribution in [0.15, 0.2) is 0 Å². The lowest BCUT2D eigenvalue weighted by Gasteiger charge is -2.04. The third-order valence-electron chi connectivity index (χ3n) is 1.26. The Hall–Kier alpha value is -1.06. The van der Waals surface area contributed by atoms with Gasteiger partial charge < -0.3 is 10.4 Å². The molecule has 0 unspecified atom stereocenters. The number of nitrogens with one attached hydrogen (secondary N) is 1. The van der Waals surface area contributed by atoms with Gasteiger partial charge in [-0.2, -0.15) is 0 Å². The van der Waals surface area contributed by atoms with E-state index in [0.29, 0.717) is 6.42 Å². The van der Waals surface area contributed by atoms with E-state index < -0.39 is 5.97 Å². The van der Waals surface area contributed by atoms with Gasteiger partial charge in [-0.1, -0.05) is 20.8 Å². The summed E-state index contributed by atoms with van der Waals surface area (Å²) in [5.74, 6) is -0.847. The van der Waals surface area contributed by atoms with Crippen molar-refractivity contribution in [1.82, 2.24) is 5.32 Å². The second-order valence-electron chi connectivity index (χ2n) is 3.57. The Morgan fingerprint density at radius 3 is 1.64 bits per heavy atom. The van der Waals surface area contributed by atoms with Gasteiger partial charge in [-0.3, -0.25) is 9.59 Å². The number of hydrogen-bond acceptors (Lipinski definition) is 2. The molecule has 1 amide bonds. The molecular weight excluding hydrogens is 182 g/mol. The molecule has 0 aromatic heterocycles. The van der Waals surface area contributed by atoms with Gasteiger partial charge in [0.2, 0.25) is 5.91 Å². The lowest BCUT2D eigenvalue weighted by atomic mass is 10.2. The average molecular weight is 203 g/mol. The number of carbonyl (C=O) groups excluding carboxylic acids is 1. The zero-order chi connectivity index (χ0) is 11.7. The van der Waals surface area contributed by atoms with E-state index in [-0.39, 0.29) is 17.9 Å². The molecule has 0 bridgehead atoms. The molecule has 0 heterocycles. The first-order chi connectivity index (χ1) is 6.31. The minimum Gasteiger partial charge on any atom is -0.481 e. The summed E-state index contributed by atoms with van der Waals surface area (Å²) in [5.41, 5.74) is 0. The maximum Gasteiger partial charge on any atom is 0.305 e. The Balaban J connectivity index is 0. The summed E-state index contributed by atoms with van der Waals surface area (Å²) in [6, 6.07) is 0.280. The van der Waals surface area contributed by atoms with Crippen LogP contribution < -0.4 is 5.32 Å².